The van der Waals surface area contributed by atoms with E-state index in [9.17, 15) is 9.59 Å². The second-order valence-corrected chi connectivity index (χ2v) is 6.26. The van der Waals surface area contributed by atoms with E-state index < -0.39 is 0 Å². The van der Waals surface area contributed by atoms with Crippen molar-refractivity contribution in [3.05, 3.63) is 53.1 Å². The van der Waals surface area contributed by atoms with Crippen molar-refractivity contribution in [3.63, 3.8) is 0 Å². The molecule has 0 saturated heterocycles. The van der Waals surface area contributed by atoms with Crippen molar-refractivity contribution >= 4 is 40.5 Å². The summed E-state index contributed by atoms with van der Waals surface area (Å²) in [6.45, 7) is 0.448. The summed E-state index contributed by atoms with van der Waals surface area (Å²) < 4.78 is 0. The summed E-state index contributed by atoms with van der Waals surface area (Å²) in [5.41, 5.74) is 1.97. The summed E-state index contributed by atoms with van der Waals surface area (Å²) in [6, 6.07) is 12.0. The van der Waals surface area contributed by atoms with Crippen molar-refractivity contribution in [2.45, 2.75) is 0 Å². The van der Waals surface area contributed by atoms with Gasteiger partial charge in [-0.15, -0.1) is 0 Å². The number of hydrogen-bond donors (Lipinski definition) is 2. The van der Waals surface area contributed by atoms with Crippen LogP contribution < -0.4 is 10.2 Å². The molecule has 6 nitrogen and oxygen atoms in total. The Morgan fingerprint density at radius 3 is 2.76 bits per heavy atom. The third-order valence-electron chi connectivity index (χ3n) is 3.97. The lowest BCUT2D eigenvalue weighted by Gasteiger charge is -2.26. The maximum absolute atomic E-state index is 13.0. The Morgan fingerprint density at radius 2 is 2.00 bits per heavy atom. The third-order valence-corrected chi connectivity index (χ3v) is 4.21. The Labute approximate surface area is 150 Å². The fourth-order valence-corrected chi connectivity index (χ4v) is 2.98. The predicted octanol–water partition coefficient (Wildman–Crippen LogP) is 2.49. The van der Waals surface area contributed by atoms with Crippen molar-refractivity contribution in [1.82, 2.24) is 4.90 Å². The van der Waals surface area contributed by atoms with Gasteiger partial charge >= 0.3 is 0 Å². The van der Waals surface area contributed by atoms with Crippen LogP contribution in [0.3, 0.4) is 0 Å². The van der Waals surface area contributed by atoms with Crippen LogP contribution in [0.15, 0.2) is 42.5 Å². The molecule has 2 N–H and O–H groups in total. The predicted molar refractivity (Wildman–Crippen MR) is 97.6 cm³/mol. The van der Waals surface area contributed by atoms with Gasteiger partial charge in [-0.25, -0.2) is 0 Å². The first-order chi connectivity index (χ1) is 12.0. The van der Waals surface area contributed by atoms with Gasteiger partial charge < -0.3 is 10.4 Å². The van der Waals surface area contributed by atoms with E-state index in [2.05, 4.69) is 5.32 Å². The molecule has 0 bridgehead atoms. The number of hydrogen-bond acceptors (Lipinski definition) is 4. The molecule has 25 heavy (non-hydrogen) atoms. The van der Waals surface area contributed by atoms with Crippen LogP contribution in [-0.2, 0) is 4.79 Å². The van der Waals surface area contributed by atoms with E-state index in [4.69, 9.17) is 16.7 Å². The second kappa shape index (κ2) is 7.23. The monoisotopic (exact) mass is 359 g/mol. The van der Waals surface area contributed by atoms with Crippen molar-refractivity contribution < 1.29 is 14.7 Å². The van der Waals surface area contributed by atoms with Gasteiger partial charge in [-0.2, -0.15) is 0 Å². The quantitative estimate of drug-likeness (QED) is 0.879. The number of halogens is 1. The molecule has 130 valence electrons. The minimum atomic E-state index is -0.293. The highest BCUT2D eigenvalue weighted by Gasteiger charge is 2.29. The summed E-state index contributed by atoms with van der Waals surface area (Å²) in [7, 11) is 1.75. The lowest BCUT2D eigenvalue weighted by Crippen LogP contribution is -2.37. The van der Waals surface area contributed by atoms with E-state index in [0.717, 1.165) is 0 Å². The molecule has 0 radical (unpaired) electrons. The van der Waals surface area contributed by atoms with E-state index in [-0.39, 0.29) is 25.0 Å². The maximum Gasteiger partial charge on any atom is 0.257 e. The van der Waals surface area contributed by atoms with Gasteiger partial charge in [-0.3, -0.25) is 19.4 Å². The third kappa shape index (κ3) is 3.51. The van der Waals surface area contributed by atoms with E-state index in [1.807, 2.05) is 0 Å². The molecule has 0 fully saturated rings. The molecule has 2 amide bonds. The number of benzene rings is 2. The molecule has 0 aliphatic carbocycles. The molecule has 0 saturated carbocycles. The second-order valence-electron chi connectivity index (χ2n) is 5.82. The summed E-state index contributed by atoms with van der Waals surface area (Å²) in [4.78, 5) is 28.8. The van der Waals surface area contributed by atoms with E-state index in [0.29, 0.717) is 34.2 Å². The van der Waals surface area contributed by atoms with Crippen LogP contribution in [0.5, 0.6) is 0 Å². The number of amides is 2. The van der Waals surface area contributed by atoms with Gasteiger partial charge in [-0.1, -0.05) is 23.7 Å². The van der Waals surface area contributed by atoms with Crippen LogP contribution in [-0.4, -0.2) is 48.6 Å². The number of carbonyl (C=O) groups is 2. The van der Waals surface area contributed by atoms with Gasteiger partial charge in [0, 0.05) is 11.6 Å². The first kappa shape index (κ1) is 17.4. The van der Waals surface area contributed by atoms with Crippen LogP contribution in [0.2, 0.25) is 5.02 Å². The standard InChI is InChI=1S/C18H18ClN3O3/c1-21(8-9-23)11-17(24)22-15-5-3-2-4-13(15)18(25)20-14-10-12(19)6-7-16(14)22/h2-7,10,23H,8-9,11H2,1H3,(H,20,25). The zero-order chi connectivity index (χ0) is 18.0. The lowest BCUT2D eigenvalue weighted by atomic mass is 10.1. The van der Waals surface area contributed by atoms with Crippen molar-refractivity contribution in [3.8, 4) is 0 Å². The van der Waals surface area contributed by atoms with Crippen molar-refractivity contribution in [2.75, 3.05) is 37.0 Å². The van der Waals surface area contributed by atoms with E-state index in [1.165, 1.54) is 4.90 Å². The number of aliphatic hydroxyl groups excluding tert-OH is 1. The zero-order valence-corrected chi connectivity index (χ0v) is 14.5. The van der Waals surface area contributed by atoms with Crippen LogP contribution in [0.1, 0.15) is 10.4 Å². The van der Waals surface area contributed by atoms with Crippen LogP contribution in [0.25, 0.3) is 0 Å². The molecule has 0 spiro atoms. The van der Waals surface area contributed by atoms with Gasteiger partial charge in [-0.05, 0) is 37.4 Å². The normalized spacial score (nSPS) is 13.1. The number of likely N-dealkylation sites (N-methyl/N-ethyl adjacent to an activating group) is 1. The molecule has 0 unspecified atom stereocenters. The van der Waals surface area contributed by atoms with Gasteiger partial charge in [0.05, 0.1) is 35.8 Å². The number of carbonyl (C=O) groups excluding carboxylic acids is 2. The first-order valence-corrected chi connectivity index (χ1v) is 8.21. The number of anilines is 3. The lowest BCUT2D eigenvalue weighted by molar-refractivity contribution is -0.118. The average Bonchev–Trinajstić information content (AvgIpc) is 2.69. The number of aliphatic hydroxyl groups is 1. The fraction of sp³-hybridized carbons (Fsp3) is 0.222. The zero-order valence-electron chi connectivity index (χ0n) is 13.7. The first-order valence-electron chi connectivity index (χ1n) is 7.83. The summed E-state index contributed by atoms with van der Waals surface area (Å²) in [5, 5.41) is 12.3. The SMILES string of the molecule is CN(CCO)CC(=O)N1c2ccc(Cl)cc2NC(=O)c2ccccc21. The summed E-state index contributed by atoms with van der Waals surface area (Å²) >= 11 is 6.05. The Hall–Kier alpha value is -2.41. The van der Waals surface area contributed by atoms with E-state index in [1.54, 1.807) is 54.4 Å². The molecular formula is C18H18ClN3O3. The molecule has 2 aromatic rings. The Bertz CT molecular complexity index is 825. The highest BCUT2D eigenvalue weighted by Crippen LogP contribution is 2.39. The Kier molecular flexibility index (Phi) is 5.03. The molecule has 2 aromatic carbocycles. The molecule has 0 aromatic heterocycles. The highest BCUT2D eigenvalue weighted by atomic mass is 35.5. The highest BCUT2D eigenvalue weighted by molar-refractivity contribution is 6.31. The van der Waals surface area contributed by atoms with Crippen molar-refractivity contribution in [2.24, 2.45) is 0 Å². The van der Waals surface area contributed by atoms with Gasteiger partial charge in [0.25, 0.3) is 5.91 Å². The minimum Gasteiger partial charge on any atom is -0.395 e. The Balaban J connectivity index is 2.10. The molecule has 1 aliphatic rings. The molecule has 0 atom stereocenters. The van der Waals surface area contributed by atoms with Gasteiger partial charge in [0.1, 0.15) is 0 Å². The van der Waals surface area contributed by atoms with Gasteiger partial charge in [0.2, 0.25) is 5.91 Å². The minimum absolute atomic E-state index is 0.0351. The number of rotatable bonds is 4. The summed E-state index contributed by atoms with van der Waals surface area (Å²) in [5.74, 6) is -0.499. The molecule has 1 heterocycles. The van der Waals surface area contributed by atoms with Crippen molar-refractivity contribution in [1.29, 1.82) is 0 Å². The Morgan fingerprint density at radius 1 is 1.24 bits per heavy atom. The number of nitrogens with one attached hydrogen (secondary N) is 1. The molecule has 1 aliphatic heterocycles. The smallest absolute Gasteiger partial charge is 0.257 e. The van der Waals surface area contributed by atoms with Gasteiger partial charge in [0.15, 0.2) is 0 Å². The molecule has 7 heteroatoms. The maximum atomic E-state index is 13.0. The fourth-order valence-electron chi connectivity index (χ4n) is 2.80. The van der Waals surface area contributed by atoms with Crippen LogP contribution in [0.4, 0.5) is 17.1 Å². The van der Waals surface area contributed by atoms with E-state index >= 15 is 0 Å². The average molecular weight is 360 g/mol. The molecular weight excluding hydrogens is 342 g/mol. The largest absolute Gasteiger partial charge is 0.395 e. The van der Waals surface area contributed by atoms with Crippen LogP contribution >= 0.6 is 11.6 Å². The number of fused-ring (bicyclic) bond motifs is 2. The van der Waals surface area contributed by atoms with Crippen LogP contribution in [0, 0.1) is 0 Å². The molecule has 3 rings (SSSR count). The number of nitrogens with zero attached hydrogens (tertiary/aromatic N) is 2. The summed E-state index contributed by atoms with van der Waals surface area (Å²) in [6.07, 6.45) is 0. The topological polar surface area (TPSA) is 72.9 Å². The number of para-hydroxylation sites is 1.